The van der Waals surface area contributed by atoms with Crippen molar-refractivity contribution >= 4 is 24.4 Å². The minimum Gasteiger partial charge on any atom is -0.508 e. The number of rotatable bonds is 16. The van der Waals surface area contributed by atoms with Crippen LogP contribution in [0.4, 0.5) is 0 Å². The van der Waals surface area contributed by atoms with Gasteiger partial charge in [-0.05, 0) is 158 Å². The Bertz CT molecular complexity index is 2080. The number of hydrogen-bond donors (Lipinski definition) is 3. The van der Waals surface area contributed by atoms with Gasteiger partial charge in [0.05, 0.1) is 5.92 Å². The Labute approximate surface area is 353 Å². The molecule has 8 unspecified atom stereocenters. The van der Waals surface area contributed by atoms with Crippen molar-refractivity contribution in [1.29, 1.82) is 0 Å². The van der Waals surface area contributed by atoms with Crippen LogP contribution in [-0.4, -0.2) is 29.0 Å². The van der Waals surface area contributed by atoms with E-state index in [2.05, 4.69) is 98.0 Å². The highest BCUT2D eigenvalue weighted by Gasteiger charge is 2.49. The number of benzene rings is 3. The van der Waals surface area contributed by atoms with Crippen LogP contribution in [-0.2, 0) is 27.8 Å². The number of unbranched alkanes of at least 4 members (excludes halogenated alkanes) is 4. The third-order valence-corrected chi connectivity index (χ3v) is 15.0. The molecule has 0 aliphatic heterocycles. The SMILES string of the molecule is CCCCCc1cc(C2Cc3cccc(c3)C3(CCC4C=c5ccccc5=CC4C3)C(C(=O)O)CC=CCC2CCCCCC(C=O)C2C=C(CCN)CC2)ccc1O. The predicted molar refractivity (Wildman–Crippen MR) is 241 cm³/mol. The average molecular weight is 796 g/mol. The van der Waals surface area contributed by atoms with E-state index in [-0.39, 0.29) is 11.8 Å². The van der Waals surface area contributed by atoms with Gasteiger partial charge in [0, 0.05) is 11.3 Å². The number of fused-ring (bicyclic) bond motifs is 5. The Balaban J connectivity index is 1.17. The molecule has 0 radical (unpaired) electrons. The van der Waals surface area contributed by atoms with Gasteiger partial charge in [0.15, 0.2) is 0 Å². The van der Waals surface area contributed by atoms with E-state index >= 15 is 0 Å². The fourth-order valence-electron chi connectivity index (χ4n) is 11.6. The highest BCUT2D eigenvalue weighted by atomic mass is 16.4. The first-order valence-corrected chi connectivity index (χ1v) is 23.2. The number of hydrogen-bond acceptors (Lipinski definition) is 4. The standard InChI is InChI=1S/C54H69NO4/c1-2-3-5-18-46-35-45(24-25-52(46)57)50-32-39-13-12-20-49(31-39)54(28-26-44-33-41-16-8-9-17-42(41)34-48(44)36-54)51(53(58)59)21-11-10-15-40(50)14-6-4-7-19-47(37-56)43-23-22-38(30-43)27-29-55/h8-13,16-17,20,24-25,30-31,33-35,37,40,43-44,47-48,50-51,57H,2-7,14-15,18-19,21-23,26-29,32,36,55H2,1H3,(H,58,59). The zero-order chi connectivity index (χ0) is 41.2. The van der Waals surface area contributed by atoms with Gasteiger partial charge in [-0.1, -0.05) is 136 Å². The lowest BCUT2D eigenvalue weighted by Crippen LogP contribution is -2.47. The van der Waals surface area contributed by atoms with Gasteiger partial charge in [-0.2, -0.15) is 0 Å². The minimum atomic E-state index is -0.692. The number of carbonyl (C=O) groups excluding carboxylic acids is 1. The minimum absolute atomic E-state index is 0.0863. The third kappa shape index (κ3) is 10.2. The predicted octanol–water partition coefficient (Wildman–Crippen LogP) is 10.5. The van der Waals surface area contributed by atoms with Crippen molar-refractivity contribution < 1.29 is 19.8 Å². The first-order chi connectivity index (χ1) is 28.8. The van der Waals surface area contributed by atoms with Crippen molar-refractivity contribution in [1.82, 2.24) is 0 Å². The topological polar surface area (TPSA) is 101 Å². The van der Waals surface area contributed by atoms with Crippen molar-refractivity contribution in [2.75, 3.05) is 6.54 Å². The molecule has 59 heavy (non-hydrogen) atoms. The summed E-state index contributed by atoms with van der Waals surface area (Å²) in [7, 11) is 0. The summed E-state index contributed by atoms with van der Waals surface area (Å²) in [5, 5.41) is 24.6. The molecule has 3 aromatic rings. The maximum Gasteiger partial charge on any atom is 0.307 e. The molecule has 5 heteroatoms. The molecule has 0 heterocycles. The monoisotopic (exact) mass is 796 g/mol. The molecule has 1 spiro atoms. The lowest BCUT2D eigenvalue weighted by molar-refractivity contribution is -0.145. The zero-order valence-electron chi connectivity index (χ0n) is 35.6. The van der Waals surface area contributed by atoms with Gasteiger partial charge >= 0.3 is 5.97 Å². The first-order valence-electron chi connectivity index (χ1n) is 23.2. The number of aryl methyl sites for hydroxylation is 1. The molecule has 2 bridgehead atoms. The summed E-state index contributed by atoms with van der Waals surface area (Å²) in [6.07, 6.45) is 30.4. The summed E-state index contributed by atoms with van der Waals surface area (Å²) < 4.78 is 0. The molecule has 7 rings (SSSR count). The van der Waals surface area contributed by atoms with E-state index in [1.54, 1.807) is 0 Å². The number of allylic oxidation sites excluding steroid dienone is 3. The van der Waals surface area contributed by atoms with Crippen LogP contribution < -0.4 is 16.2 Å². The van der Waals surface area contributed by atoms with Gasteiger partial charge in [-0.3, -0.25) is 4.79 Å². The summed E-state index contributed by atoms with van der Waals surface area (Å²) in [5.41, 5.74) is 11.6. The molecule has 4 N–H and O–H groups in total. The van der Waals surface area contributed by atoms with Crippen molar-refractivity contribution in [3.8, 4) is 5.75 Å². The molecule has 5 nitrogen and oxygen atoms in total. The zero-order valence-corrected chi connectivity index (χ0v) is 35.6. The van der Waals surface area contributed by atoms with Crippen molar-refractivity contribution in [2.24, 2.45) is 41.2 Å². The van der Waals surface area contributed by atoms with E-state index in [9.17, 15) is 19.8 Å². The lowest BCUT2D eigenvalue weighted by atomic mass is 9.55. The van der Waals surface area contributed by atoms with Crippen LogP contribution >= 0.6 is 0 Å². The average Bonchev–Trinajstić information content (AvgIpc) is 3.71. The lowest BCUT2D eigenvalue weighted by Gasteiger charge is -2.48. The maximum absolute atomic E-state index is 13.5. The second-order valence-electron chi connectivity index (χ2n) is 18.6. The smallest absolute Gasteiger partial charge is 0.307 e. The van der Waals surface area contributed by atoms with Gasteiger partial charge in [0.1, 0.15) is 12.0 Å². The Hall–Kier alpha value is -4.22. The number of carbonyl (C=O) groups is 2. The Kier molecular flexibility index (Phi) is 14.8. The molecule has 0 amide bonds. The van der Waals surface area contributed by atoms with E-state index in [0.29, 0.717) is 42.4 Å². The molecule has 4 aliphatic rings. The number of carboxylic acid groups (broad SMARTS) is 1. The Morgan fingerprint density at radius 2 is 1.69 bits per heavy atom. The third-order valence-electron chi connectivity index (χ3n) is 15.0. The van der Waals surface area contributed by atoms with E-state index in [1.165, 1.54) is 39.0 Å². The molecule has 4 aliphatic carbocycles. The fraction of sp³-hybridized carbons (Fsp3) is 0.519. The first kappa shape index (κ1) is 42.9. The highest BCUT2D eigenvalue weighted by molar-refractivity contribution is 5.73. The number of aliphatic carboxylic acids is 1. The van der Waals surface area contributed by atoms with Gasteiger partial charge in [-0.25, -0.2) is 0 Å². The second kappa shape index (κ2) is 20.4. The molecule has 314 valence electrons. The molecule has 0 aromatic heterocycles. The quantitative estimate of drug-likeness (QED) is 0.0762. The van der Waals surface area contributed by atoms with Gasteiger partial charge in [-0.15, -0.1) is 0 Å². The maximum atomic E-state index is 13.5. The van der Waals surface area contributed by atoms with Crippen LogP contribution in [0.3, 0.4) is 0 Å². The number of carboxylic acids is 1. The highest BCUT2D eigenvalue weighted by Crippen LogP contribution is 2.52. The van der Waals surface area contributed by atoms with E-state index in [4.69, 9.17) is 5.73 Å². The summed E-state index contributed by atoms with van der Waals surface area (Å²) >= 11 is 0. The normalized spacial score (nSPS) is 26.9. The number of phenolic OH excluding ortho intramolecular Hbond substituents is 1. The summed E-state index contributed by atoms with van der Waals surface area (Å²) in [6.45, 7) is 2.89. The van der Waals surface area contributed by atoms with E-state index < -0.39 is 17.3 Å². The van der Waals surface area contributed by atoms with Crippen LogP contribution in [0.5, 0.6) is 5.75 Å². The number of nitrogens with two attached hydrogens (primary N) is 1. The molecule has 3 aromatic carbocycles. The van der Waals surface area contributed by atoms with Gasteiger partial charge in [0.25, 0.3) is 0 Å². The van der Waals surface area contributed by atoms with Crippen molar-refractivity contribution in [3.05, 3.63) is 123 Å². The Morgan fingerprint density at radius 1 is 0.881 bits per heavy atom. The second-order valence-corrected chi connectivity index (χ2v) is 18.6. The largest absolute Gasteiger partial charge is 0.508 e. The van der Waals surface area contributed by atoms with Crippen LogP contribution in [0.1, 0.15) is 138 Å². The molecular formula is C54H69NO4. The van der Waals surface area contributed by atoms with E-state index in [1.807, 2.05) is 6.07 Å². The molecule has 8 atom stereocenters. The molecular weight excluding hydrogens is 727 g/mol. The number of aromatic hydroxyl groups is 1. The number of phenols is 1. The van der Waals surface area contributed by atoms with Gasteiger partial charge in [0.2, 0.25) is 0 Å². The fourth-order valence-corrected chi connectivity index (χ4v) is 11.6. The number of aldehydes is 1. The molecule has 1 saturated carbocycles. The van der Waals surface area contributed by atoms with Crippen molar-refractivity contribution in [3.63, 3.8) is 0 Å². The van der Waals surface area contributed by atoms with Crippen molar-refractivity contribution in [2.45, 2.75) is 134 Å². The van der Waals surface area contributed by atoms with Crippen LogP contribution in [0.15, 0.2) is 90.5 Å². The summed E-state index contributed by atoms with van der Waals surface area (Å²) in [5.74, 6) is 0.944. The van der Waals surface area contributed by atoms with Crippen LogP contribution in [0.25, 0.3) is 12.2 Å². The Morgan fingerprint density at radius 3 is 2.47 bits per heavy atom. The van der Waals surface area contributed by atoms with Crippen LogP contribution in [0, 0.1) is 35.5 Å². The summed E-state index contributed by atoms with van der Waals surface area (Å²) in [4.78, 5) is 25.7. The van der Waals surface area contributed by atoms with Gasteiger partial charge < -0.3 is 20.7 Å². The van der Waals surface area contributed by atoms with E-state index in [0.717, 1.165) is 115 Å². The van der Waals surface area contributed by atoms with Crippen LogP contribution in [0.2, 0.25) is 0 Å². The molecule has 0 saturated heterocycles. The summed E-state index contributed by atoms with van der Waals surface area (Å²) in [6, 6.07) is 24.1. The molecule has 1 fully saturated rings.